The molecule has 1 N–H and O–H groups in total. The zero-order valence-corrected chi connectivity index (χ0v) is 21.5. The van der Waals surface area contributed by atoms with E-state index in [0.29, 0.717) is 22.6 Å². The molecule has 0 saturated carbocycles. The number of methoxy groups -OCH3 is 1. The normalized spacial score (nSPS) is 15.8. The van der Waals surface area contributed by atoms with Crippen LogP contribution in [0.4, 0.5) is 5.69 Å². The lowest BCUT2D eigenvalue weighted by Crippen LogP contribution is -2.31. The number of aliphatic hydroxyl groups excluding tert-OH is 1. The molecule has 184 valence electrons. The monoisotopic (exact) mass is 556 g/mol. The van der Waals surface area contributed by atoms with Crippen molar-refractivity contribution in [1.29, 1.82) is 0 Å². The van der Waals surface area contributed by atoms with E-state index in [1.165, 1.54) is 4.90 Å². The molecule has 0 radical (unpaired) electrons. The van der Waals surface area contributed by atoms with E-state index >= 15 is 0 Å². The van der Waals surface area contributed by atoms with Crippen molar-refractivity contribution in [2.24, 2.45) is 7.05 Å². The number of ketones is 1. The molecule has 3 heterocycles. The molecule has 7 nitrogen and oxygen atoms in total. The molecule has 0 saturated heterocycles. The second-order valence-electron chi connectivity index (χ2n) is 8.87. The summed E-state index contributed by atoms with van der Waals surface area (Å²) in [5.41, 5.74) is 2.67. The number of carbonyl (C=O) groups excluding carboxylic acids is 2. The average Bonchev–Trinajstić information content (AvgIpc) is 3.56. The number of hydrogen-bond acceptors (Lipinski definition) is 5. The molecule has 0 fully saturated rings. The van der Waals surface area contributed by atoms with Gasteiger partial charge in [-0.25, -0.2) is 0 Å². The van der Waals surface area contributed by atoms with Crippen LogP contribution in [-0.4, -0.2) is 28.5 Å². The standard InChI is InChI=1S/C29H21BrN2O5/c1-31-15-21(20-5-3-4-6-22(20)31)26-25(27(33)24-14-16-13-17(30)7-12-23(16)37-24)28(34)29(35)32(26)18-8-10-19(36-2)11-9-18/h3-15,26,34H,1-2H3. The van der Waals surface area contributed by atoms with Crippen molar-refractivity contribution in [3.63, 3.8) is 0 Å². The van der Waals surface area contributed by atoms with Crippen LogP contribution in [-0.2, 0) is 11.8 Å². The molecule has 0 bridgehead atoms. The van der Waals surface area contributed by atoms with Gasteiger partial charge in [-0.15, -0.1) is 0 Å². The van der Waals surface area contributed by atoms with Gasteiger partial charge in [-0.1, -0.05) is 34.1 Å². The minimum atomic E-state index is -0.876. The number of halogens is 1. The zero-order valence-electron chi connectivity index (χ0n) is 19.9. The lowest BCUT2D eigenvalue weighted by atomic mass is 9.94. The van der Waals surface area contributed by atoms with Gasteiger partial charge in [0.2, 0.25) is 5.78 Å². The maximum atomic E-state index is 13.9. The summed E-state index contributed by atoms with van der Waals surface area (Å²) >= 11 is 3.43. The van der Waals surface area contributed by atoms with Crippen molar-refractivity contribution >= 4 is 55.2 Å². The summed E-state index contributed by atoms with van der Waals surface area (Å²) in [4.78, 5) is 28.9. The molecule has 1 aliphatic heterocycles. The highest BCUT2D eigenvalue weighted by Crippen LogP contribution is 2.45. The van der Waals surface area contributed by atoms with Gasteiger partial charge >= 0.3 is 0 Å². The number of para-hydroxylation sites is 1. The van der Waals surface area contributed by atoms with Crippen LogP contribution in [0.15, 0.2) is 99.2 Å². The number of fused-ring (bicyclic) bond motifs is 2. The van der Waals surface area contributed by atoms with E-state index in [0.717, 1.165) is 20.8 Å². The molecule has 2 aromatic heterocycles. The summed E-state index contributed by atoms with van der Waals surface area (Å²) in [5.74, 6) is -1.14. The second kappa shape index (κ2) is 8.67. The number of aromatic nitrogens is 1. The smallest absolute Gasteiger partial charge is 0.294 e. The fraction of sp³-hybridized carbons (Fsp3) is 0.103. The van der Waals surface area contributed by atoms with Gasteiger partial charge in [0, 0.05) is 45.3 Å². The van der Waals surface area contributed by atoms with Crippen molar-refractivity contribution in [3.8, 4) is 5.75 Å². The number of rotatable bonds is 5. The molecule has 1 aliphatic rings. The molecule has 8 heteroatoms. The first kappa shape index (κ1) is 23.1. The number of furan rings is 1. The van der Waals surface area contributed by atoms with E-state index in [4.69, 9.17) is 9.15 Å². The van der Waals surface area contributed by atoms with Gasteiger partial charge in [0.25, 0.3) is 5.91 Å². The molecule has 1 unspecified atom stereocenters. The van der Waals surface area contributed by atoms with Crippen LogP contribution < -0.4 is 9.64 Å². The number of aliphatic hydroxyl groups is 1. The van der Waals surface area contributed by atoms with Gasteiger partial charge in [-0.3, -0.25) is 14.5 Å². The fourth-order valence-electron chi connectivity index (χ4n) is 4.99. The summed E-state index contributed by atoms with van der Waals surface area (Å²) in [5, 5.41) is 12.7. The Bertz CT molecular complexity index is 1750. The molecule has 3 aromatic carbocycles. The minimum Gasteiger partial charge on any atom is -0.503 e. The number of carbonyl (C=O) groups is 2. The third kappa shape index (κ3) is 3.64. The third-order valence-electron chi connectivity index (χ3n) is 6.73. The first-order chi connectivity index (χ1) is 17.9. The van der Waals surface area contributed by atoms with Gasteiger partial charge in [0.15, 0.2) is 11.5 Å². The van der Waals surface area contributed by atoms with E-state index in [2.05, 4.69) is 15.9 Å². The van der Waals surface area contributed by atoms with Gasteiger partial charge in [0.1, 0.15) is 11.3 Å². The van der Waals surface area contributed by atoms with E-state index in [9.17, 15) is 14.7 Å². The van der Waals surface area contributed by atoms with Crippen LogP contribution in [0, 0.1) is 0 Å². The van der Waals surface area contributed by atoms with E-state index < -0.39 is 23.5 Å². The molecule has 6 rings (SSSR count). The number of ether oxygens (including phenoxy) is 1. The lowest BCUT2D eigenvalue weighted by molar-refractivity contribution is -0.117. The van der Waals surface area contributed by atoms with E-state index in [1.54, 1.807) is 43.5 Å². The van der Waals surface area contributed by atoms with Crippen LogP contribution in [0.2, 0.25) is 0 Å². The molecule has 37 heavy (non-hydrogen) atoms. The number of hydrogen-bond donors (Lipinski definition) is 1. The molecular weight excluding hydrogens is 536 g/mol. The minimum absolute atomic E-state index is 0.0321. The Balaban J connectivity index is 1.55. The average molecular weight is 557 g/mol. The van der Waals surface area contributed by atoms with Crippen molar-refractivity contribution in [3.05, 3.63) is 106 Å². The van der Waals surface area contributed by atoms with Gasteiger partial charge in [-0.2, -0.15) is 0 Å². The summed E-state index contributed by atoms with van der Waals surface area (Å²) in [7, 11) is 3.47. The van der Waals surface area contributed by atoms with Crippen LogP contribution in [0.5, 0.6) is 5.75 Å². The number of Topliss-reactive ketones (excluding diaryl/α,β-unsaturated/α-hetero) is 1. The highest BCUT2D eigenvalue weighted by Gasteiger charge is 2.46. The van der Waals surface area contributed by atoms with Crippen molar-refractivity contribution in [2.45, 2.75) is 6.04 Å². The predicted octanol–water partition coefficient (Wildman–Crippen LogP) is 6.48. The van der Waals surface area contributed by atoms with E-state index in [-0.39, 0.29) is 11.3 Å². The Morgan fingerprint density at radius 1 is 1.05 bits per heavy atom. The molecule has 5 aromatic rings. The number of nitrogens with zero attached hydrogens (tertiary/aromatic N) is 2. The summed E-state index contributed by atoms with van der Waals surface area (Å²) in [6, 6.07) is 20.8. The number of aryl methyl sites for hydroxylation is 1. The Morgan fingerprint density at radius 3 is 2.57 bits per heavy atom. The summed E-state index contributed by atoms with van der Waals surface area (Å²) in [6.07, 6.45) is 1.89. The second-order valence-corrected chi connectivity index (χ2v) is 9.79. The first-order valence-electron chi connectivity index (χ1n) is 11.6. The van der Waals surface area contributed by atoms with Gasteiger partial charge in [-0.05, 0) is 54.6 Å². The van der Waals surface area contributed by atoms with Crippen molar-refractivity contribution in [1.82, 2.24) is 4.57 Å². The molecule has 1 amide bonds. The SMILES string of the molecule is COc1ccc(N2C(=O)C(O)=C(C(=O)c3cc4cc(Br)ccc4o3)C2c2cn(C)c3ccccc23)cc1. The Hall–Kier alpha value is -4.30. The molecule has 0 spiro atoms. The highest BCUT2D eigenvalue weighted by molar-refractivity contribution is 9.10. The maximum absolute atomic E-state index is 13.9. The zero-order chi connectivity index (χ0) is 25.8. The first-order valence-corrected chi connectivity index (χ1v) is 12.3. The van der Waals surface area contributed by atoms with Crippen molar-refractivity contribution in [2.75, 3.05) is 12.0 Å². The predicted molar refractivity (Wildman–Crippen MR) is 144 cm³/mol. The Morgan fingerprint density at radius 2 is 1.81 bits per heavy atom. The van der Waals surface area contributed by atoms with Crippen LogP contribution in [0.25, 0.3) is 21.9 Å². The third-order valence-corrected chi connectivity index (χ3v) is 7.22. The quantitative estimate of drug-likeness (QED) is 0.250. The number of benzene rings is 3. The fourth-order valence-corrected chi connectivity index (χ4v) is 5.37. The Kier molecular flexibility index (Phi) is 5.42. The highest BCUT2D eigenvalue weighted by atomic mass is 79.9. The lowest BCUT2D eigenvalue weighted by Gasteiger charge is -2.26. The van der Waals surface area contributed by atoms with Crippen LogP contribution in [0.3, 0.4) is 0 Å². The number of amides is 1. The Labute approximate surface area is 220 Å². The summed E-state index contributed by atoms with van der Waals surface area (Å²) in [6.45, 7) is 0. The van der Waals surface area contributed by atoms with Crippen LogP contribution in [0.1, 0.15) is 22.2 Å². The maximum Gasteiger partial charge on any atom is 0.294 e. The topological polar surface area (TPSA) is 84.9 Å². The van der Waals surface area contributed by atoms with Gasteiger partial charge < -0.3 is 18.8 Å². The van der Waals surface area contributed by atoms with E-state index in [1.807, 2.05) is 54.2 Å². The molecule has 1 atom stereocenters. The molecule has 0 aliphatic carbocycles. The van der Waals surface area contributed by atoms with Crippen molar-refractivity contribution < 1.29 is 23.8 Å². The van der Waals surface area contributed by atoms with Crippen LogP contribution >= 0.6 is 15.9 Å². The molecular formula is C29H21BrN2O5. The van der Waals surface area contributed by atoms with Gasteiger partial charge in [0.05, 0.1) is 18.7 Å². The largest absolute Gasteiger partial charge is 0.503 e. The number of anilines is 1. The summed E-state index contributed by atoms with van der Waals surface area (Å²) < 4.78 is 13.9.